The monoisotopic (exact) mass is 276 g/mol. The summed E-state index contributed by atoms with van der Waals surface area (Å²) >= 11 is 0. The highest BCUT2D eigenvalue weighted by molar-refractivity contribution is 5.55. The van der Waals surface area contributed by atoms with E-state index in [1.54, 1.807) is 24.2 Å². The number of nitrogens with zero attached hydrogens (tertiary/aromatic N) is 6. The number of aryl methyl sites for hydroxylation is 1. The van der Waals surface area contributed by atoms with E-state index in [-0.39, 0.29) is 6.04 Å². The van der Waals surface area contributed by atoms with Crippen LogP contribution in [0.15, 0.2) is 18.7 Å². The second-order valence-electron chi connectivity index (χ2n) is 4.74. The molecule has 0 amide bonds. The van der Waals surface area contributed by atoms with Gasteiger partial charge in [0.1, 0.15) is 6.33 Å². The Hall–Kier alpha value is -2.22. The lowest BCUT2D eigenvalue weighted by Gasteiger charge is -2.20. The predicted octanol–water partition coefficient (Wildman–Crippen LogP) is -0.193. The van der Waals surface area contributed by atoms with Gasteiger partial charge in [0.25, 0.3) is 0 Å². The summed E-state index contributed by atoms with van der Waals surface area (Å²) < 4.78 is 7.04. The summed E-state index contributed by atoms with van der Waals surface area (Å²) in [6.07, 6.45) is 4.32. The van der Waals surface area contributed by atoms with Crippen LogP contribution in [0.25, 0.3) is 0 Å². The minimum atomic E-state index is -0.531. The molecule has 0 aromatic carbocycles. The molecule has 0 saturated carbocycles. The maximum atomic E-state index is 10.2. The van der Waals surface area contributed by atoms with Crippen LogP contribution in [0, 0.1) is 6.92 Å². The van der Waals surface area contributed by atoms with E-state index in [4.69, 9.17) is 4.74 Å². The second kappa shape index (κ2) is 5.04. The summed E-state index contributed by atoms with van der Waals surface area (Å²) in [5.74, 6) is 1.33. The van der Waals surface area contributed by atoms with Crippen LogP contribution in [0.4, 0.5) is 5.82 Å². The normalized spacial score (nSPS) is 22.2. The highest BCUT2D eigenvalue weighted by atomic mass is 16.5. The Morgan fingerprint density at radius 3 is 2.90 bits per heavy atom. The third-order valence-electron chi connectivity index (χ3n) is 3.51. The molecule has 2 aromatic rings. The molecule has 1 aliphatic rings. The Bertz CT molecular complexity index is 588. The minimum Gasteiger partial charge on any atom is -0.491 e. The number of aromatic nitrogens is 5. The van der Waals surface area contributed by atoms with Gasteiger partial charge in [-0.15, -0.1) is 5.10 Å². The van der Waals surface area contributed by atoms with E-state index >= 15 is 0 Å². The third kappa shape index (κ3) is 2.07. The lowest BCUT2D eigenvalue weighted by Crippen LogP contribution is -2.23. The van der Waals surface area contributed by atoms with Gasteiger partial charge in [-0.2, -0.15) is 0 Å². The number of β-amino-alcohol motifs (C(OH)–C–C–N with tert-alkyl or cyclic N) is 1. The van der Waals surface area contributed by atoms with Crippen molar-refractivity contribution in [1.29, 1.82) is 0 Å². The fraction of sp³-hybridized carbons (Fsp3) is 0.500. The van der Waals surface area contributed by atoms with Gasteiger partial charge in [0.05, 0.1) is 31.1 Å². The zero-order valence-corrected chi connectivity index (χ0v) is 11.3. The maximum Gasteiger partial charge on any atom is 0.182 e. The molecule has 8 nitrogen and oxygen atoms in total. The molecule has 0 spiro atoms. The first-order valence-corrected chi connectivity index (χ1v) is 6.35. The SMILES string of the molecule is COc1c(C)ncnc1N1C[C@@H](O)[C@H](n2ccnn2)C1. The lowest BCUT2D eigenvalue weighted by atomic mass is 10.2. The molecule has 106 valence electrons. The smallest absolute Gasteiger partial charge is 0.182 e. The van der Waals surface area contributed by atoms with Crippen molar-refractivity contribution in [2.75, 3.05) is 25.1 Å². The van der Waals surface area contributed by atoms with Crippen LogP contribution in [0.5, 0.6) is 5.75 Å². The van der Waals surface area contributed by atoms with E-state index in [2.05, 4.69) is 20.3 Å². The number of anilines is 1. The molecule has 20 heavy (non-hydrogen) atoms. The third-order valence-corrected chi connectivity index (χ3v) is 3.51. The number of hydrogen-bond donors (Lipinski definition) is 1. The van der Waals surface area contributed by atoms with E-state index in [9.17, 15) is 5.11 Å². The fourth-order valence-electron chi connectivity index (χ4n) is 2.51. The summed E-state index contributed by atoms with van der Waals surface area (Å²) in [5.41, 5.74) is 0.774. The van der Waals surface area contributed by atoms with Gasteiger partial charge in [-0.3, -0.25) is 0 Å². The van der Waals surface area contributed by atoms with Gasteiger partial charge in [-0.05, 0) is 6.92 Å². The number of aliphatic hydroxyl groups is 1. The molecular weight excluding hydrogens is 260 g/mol. The average molecular weight is 276 g/mol. The Morgan fingerprint density at radius 1 is 1.35 bits per heavy atom. The molecule has 1 fully saturated rings. The lowest BCUT2D eigenvalue weighted by molar-refractivity contribution is 0.144. The quantitative estimate of drug-likeness (QED) is 0.830. The number of ether oxygens (including phenoxy) is 1. The van der Waals surface area contributed by atoms with Crippen LogP contribution in [0.1, 0.15) is 11.7 Å². The molecule has 1 saturated heterocycles. The van der Waals surface area contributed by atoms with Crippen molar-refractivity contribution >= 4 is 5.82 Å². The second-order valence-corrected chi connectivity index (χ2v) is 4.74. The zero-order chi connectivity index (χ0) is 14.1. The van der Waals surface area contributed by atoms with Gasteiger partial charge in [0.2, 0.25) is 0 Å². The molecule has 2 aromatic heterocycles. The molecule has 3 rings (SSSR count). The minimum absolute atomic E-state index is 0.141. The Labute approximate surface area is 116 Å². The summed E-state index contributed by atoms with van der Waals surface area (Å²) in [6.45, 7) is 2.93. The van der Waals surface area contributed by atoms with Gasteiger partial charge in [0, 0.05) is 19.3 Å². The number of hydrogen-bond acceptors (Lipinski definition) is 7. The maximum absolute atomic E-state index is 10.2. The number of aliphatic hydroxyl groups excluding tert-OH is 1. The predicted molar refractivity (Wildman–Crippen MR) is 70.6 cm³/mol. The first-order valence-electron chi connectivity index (χ1n) is 6.35. The first-order chi connectivity index (χ1) is 9.70. The van der Waals surface area contributed by atoms with Gasteiger partial charge in [0.15, 0.2) is 11.6 Å². The number of rotatable bonds is 3. The van der Waals surface area contributed by atoms with E-state index in [1.165, 1.54) is 6.33 Å². The molecule has 1 N–H and O–H groups in total. The zero-order valence-electron chi connectivity index (χ0n) is 11.3. The largest absolute Gasteiger partial charge is 0.491 e. The molecule has 8 heteroatoms. The first kappa shape index (κ1) is 12.8. The van der Waals surface area contributed by atoms with Crippen LogP contribution in [0.2, 0.25) is 0 Å². The van der Waals surface area contributed by atoms with Crippen LogP contribution in [0.3, 0.4) is 0 Å². The van der Waals surface area contributed by atoms with Crippen LogP contribution < -0.4 is 9.64 Å². The Kier molecular flexibility index (Phi) is 3.23. The average Bonchev–Trinajstić information content (AvgIpc) is 3.07. The summed E-state index contributed by atoms with van der Waals surface area (Å²) in [4.78, 5) is 10.4. The summed E-state index contributed by atoms with van der Waals surface area (Å²) in [6, 6.07) is -0.141. The van der Waals surface area contributed by atoms with Gasteiger partial charge in [-0.1, -0.05) is 5.21 Å². The molecule has 0 radical (unpaired) electrons. The molecule has 0 unspecified atom stereocenters. The van der Waals surface area contributed by atoms with E-state index in [0.717, 1.165) is 5.69 Å². The van der Waals surface area contributed by atoms with Crippen LogP contribution in [-0.4, -0.2) is 56.4 Å². The fourth-order valence-corrected chi connectivity index (χ4v) is 2.51. The van der Waals surface area contributed by atoms with Crippen molar-refractivity contribution in [1.82, 2.24) is 25.0 Å². The van der Waals surface area contributed by atoms with Gasteiger partial charge in [-0.25, -0.2) is 14.6 Å². The van der Waals surface area contributed by atoms with Crippen molar-refractivity contribution < 1.29 is 9.84 Å². The van der Waals surface area contributed by atoms with Crippen molar-refractivity contribution in [2.45, 2.75) is 19.1 Å². The Balaban J connectivity index is 1.88. The van der Waals surface area contributed by atoms with E-state index in [1.807, 2.05) is 11.8 Å². The Morgan fingerprint density at radius 2 is 2.20 bits per heavy atom. The van der Waals surface area contributed by atoms with E-state index < -0.39 is 6.10 Å². The molecule has 1 aliphatic heterocycles. The van der Waals surface area contributed by atoms with Crippen molar-refractivity contribution in [3.63, 3.8) is 0 Å². The van der Waals surface area contributed by atoms with E-state index in [0.29, 0.717) is 24.7 Å². The highest BCUT2D eigenvalue weighted by Crippen LogP contribution is 2.32. The number of methoxy groups -OCH3 is 1. The van der Waals surface area contributed by atoms with Crippen LogP contribution in [-0.2, 0) is 0 Å². The molecule has 3 heterocycles. The van der Waals surface area contributed by atoms with Crippen molar-refractivity contribution in [2.24, 2.45) is 0 Å². The van der Waals surface area contributed by atoms with Crippen molar-refractivity contribution in [3.05, 3.63) is 24.4 Å². The standard InChI is InChI=1S/C12H16N6O2/c1-8-11(20-2)12(14-7-13-8)17-5-9(10(19)6-17)18-4-3-15-16-18/h3-4,7,9-10,19H,5-6H2,1-2H3/t9-,10-/m1/s1. The molecular formula is C12H16N6O2. The topological polar surface area (TPSA) is 89.2 Å². The van der Waals surface area contributed by atoms with Crippen molar-refractivity contribution in [3.8, 4) is 5.75 Å². The molecule has 2 atom stereocenters. The van der Waals surface area contributed by atoms with Gasteiger partial charge < -0.3 is 14.7 Å². The highest BCUT2D eigenvalue weighted by Gasteiger charge is 2.35. The molecule has 0 bridgehead atoms. The van der Waals surface area contributed by atoms with Gasteiger partial charge >= 0.3 is 0 Å². The van der Waals surface area contributed by atoms with Crippen LogP contribution >= 0.6 is 0 Å². The molecule has 0 aliphatic carbocycles. The summed E-state index contributed by atoms with van der Waals surface area (Å²) in [7, 11) is 1.59. The summed E-state index contributed by atoms with van der Waals surface area (Å²) in [5, 5.41) is 17.9.